The van der Waals surface area contributed by atoms with E-state index in [0.717, 1.165) is 16.8 Å². The van der Waals surface area contributed by atoms with Crippen molar-refractivity contribution in [2.24, 2.45) is 11.7 Å². The molecule has 0 radical (unpaired) electrons. The second-order valence-electron chi connectivity index (χ2n) is 5.29. The van der Waals surface area contributed by atoms with E-state index in [4.69, 9.17) is 18.0 Å². The molecule has 2 nitrogen and oxygen atoms in total. The van der Waals surface area contributed by atoms with Gasteiger partial charge < -0.3 is 11.1 Å². The Morgan fingerprint density at radius 3 is 2.60 bits per heavy atom. The quantitative estimate of drug-likeness (QED) is 0.799. The number of benzene rings is 1. The average Bonchev–Trinajstić information content (AvgIpc) is 2.90. The zero-order valence-corrected chi connectivity index (χ0v) is 13.6. The summed E-state index contributed by atoms with van der Waals surface area (Å²) >= 11 is 6.94. The Kier molecular flexibility index (Phi) is 4.78. The van der Waals surface area contributed by atoms with Gasteiger partial charge in [0.1, 0.15) is 4.99 Å². The molecule has 2 aromatic rings. The van der Waals surface area contributed by atoms with Gasteiger partial charge >= 0.3 is 0 Å². The van der Waals surface area contributed by atoms with Crippen molar-refractivity contribution in [2.75, 3.05) is 5.32 Å². The van der Waals surface area contributed by atoms with Crippen LogP contribution in [0.1, 0.15) is 35.9 Å². The maximum Gasteiger partial charge on any atom is 0.106 e. The van der Waals surface area contributed by atoms with E-state index in [9.17, 15) is 0 Å². The molecule has 0 saturated carbocycles. The van der Waals surface area contributed by atoms with Gasteiger partial charge in [-0.2, -0.15) is 0 Å². The van der Waals surface area contributed by atoms with E-state index in [1.807, 2.05) is 13.0 Å². The lowest BCUT2D eigenvalue weighted by Gasteiger charge is -2.24. The van der Waals surface area contributed by atoms with Crippen LogP contribution in [0.4, 0.5) is 5.69 Å². The maximum atomic E-state index is 5.85. The predicted molar refractivity (Wildman–Crippen MR) is 92.6 cm³/mol. The number of thiocarbonyl (C=S) groups is 1. The van der Waals surface area contributed by atoms with Crippen molar-refractivity contribution in [2.45, 2.75) is 26.8 Å². The third kappa shape index (κ3) is 3.38. The Hall–Kier alpha value is -1.39. The van der Waals surface area contributed by atoms with Gasteiger partial charge in [0.15, 0.2) is 0 Å². The summed E-state index contributed by atoms with van der Waals surface area (Å²) in [6, 6.07) is 10.7. The first kappa shape index (κ1) is 15.0. The highest BCUT2D eigenvalue weighted by Gasteiger charge is 2.18. The largest absolute Gasteiger partial charge is 0.389 e. The summed E-state index contributed by atoms with van der Waals surface area (Å²) in [5.74, 6) is 0.481. The average molecular weight is 304 g/mol. The molecule has 0 aliphatic rings. The Morgan fingerprint density at radius 2 is 2.05 bits per heavy atom. The fourth-order valence-corrected chi connectivity index (χ4v) is 3.31. The van der Waals surface area contributed by atoms with Crippen molar-refractivity contribution in [3.63, 3.8) is 0 Å². The van der Waals surface area contributed by atoms with Crippen LogP contribution in [0.5, 0.6) is 0 Å². The zero-order chi connectivity index (χ0) is 14.7. The van der Waals surface area contributed by atoms with Crippen LogP contribution in [-0.4, -0.2) is 4.99 Å². The van der Waals surface area contributed by atoms with Crippen molar-refractivity contribution < 1.29 is 0 Å². The SMILES string of the molecule is Cc1ccc(NC(c2cccs2)C(C)C)c(C(N)=S)c1. The van der Waals surface area contributed by atoms with Gasteiger partial charge in [0.05, 0.1) is 6.04 Å². The van der Waals surface area contributed by atoms with Gasteiger partial charge in [-0.1, -0.05) is 43.8 Å². The number of hydrogen-bond donors (Lipinski definition) is 2. The van der Waals surface area contributed by atoms with Crippen molar-refractivity contribution in [1.82, 2.24) is 0 Å². The number of rotatable bonds is 5. The van der Waals surface area contributed by atoms with E-state index >= 15 is 0 Å². The molecular weight excluding hydrogens is 284 g/mol. The molecule has 0 aliphatic heterocycles. The highest BCUT2D eigenvalue weighted by molar-refractivity contribution is 7.80. The first-order valence-corrected chi connectivity index (χ1v) is 7.98. The molecule has 4 heteroatoms. The summed E-state index contributed by atoms with van der Waals surface area (Å²) in [6.07, 6.45) is 0. The molecule has 1 atom stereocenters. The molecule has 0 saturated heterocycles. The Bertz CT molecular complexity index is 589. The highest BCUT2D eigenvalue weighted by Crippen LogP contribution is 2.31. The summed E-state index contributed by atoms with van der Waals surface area (Å²) in [7, 11) is 0. The van der Waals surface area contributed by atoms with E-state index in [-0.39, 0.29) is 6.04 Å². The number of hydrogen-bond acceptors (Lipinski definition) is 3. The van der Waals surface area contributed by atoms with Gasteiger partial charge in [-0.3, -0.25) is 0 Å². The van der Waals surface area contributed by atoms with Gasteiger partial charge in [-0.25, -0.2) is 0 Å². The standard InChI is InChI=1S/C16H20N2S2/c1-10(2)15(14-5-4-8-20-14)18-13-7-6-11(3)9-12(13)16(17)19/h4-10,15,18H,1-3H3,(H2,17,19). The smallest absolute Gasteiger partial charge is 0.106 e. The van der Waals surface area contributed by atoms with Crippen molar-refractivity contribution in [1.29, 1.82) is 0 Å². The summed E-state index contributed by atoms with van der Waals surface area (Å²) < 4.78 is 0. The van der Waals surface area contributed by atoms with Crippen LogP contribution >= 0.6 is 23.6 Å². The van der Waals surface area contributed by atoms with Crippen LogP contribution in [0, 0.1) is 12.8 Å². The van der Waals surface area contributed by atoms with E-state index in [2.05, 4.69) is 48.8 Å². The lowest BCUT2D eigenvalue weighted by Crippen LogP contribution is -2.19. The van der Waals surface area contributed by atoms with E-state index < -0.39 is 0 Å². The molecule has 0 aliphatic carbocycles. The Morgan fingerprint density at radius 1 is 1.30 bits per heavy atom. The molecule has 3 N–H and O–H groups in total. The molecule has 0 spiro atoms. The molecule has 0 amide bonds. The molecule has 0 bridgehead atoms. The van der Waals surface area contributed by atoms with Crippen LogP contribution in [-0.2, 0) is 0 Å². The summed E-state index contributed by atoms with van der Waals surface area (Å²) in [4.78, 5) is 1.76. The molecule has 1 heterocycles. The second kappa shape index (κ2) is 6.37. The van der Waals surface area contributed by atoms with Gasteiger partial charge in [-0.05, 0) is 36.4 Å². The number of nitrogens with one attached hydrogen (secondary N) is 1. The Balaban J connectivity index is 2.34. The third-order valence-corrected chi connectivity index (χ3v) is 4.44. The topological polar surface area (TPSA) is 38.0 Å². The van der Waals surface area contributed by atoms with E-state index in [1.54, 1.807) is 11.3 Å². The summed E-state index contributed by atoms with van der Waals surface area (Å²) in [5, 5.41) is 5.71. The van der Waals surface area contributed by atoms with Crippen molar-refractivity contribution in [3.05, 3.63) is 51.7 Å². The molecule has 0 fully saturated rings. The molecule has 1 unspecified atom stereocenters. The zero-order valence-electron chi connectivity index (χ0n) is 12.0. The minimum absolute atomic E-state index is 0.269. The fourth-order valence-electron chi connectivity index (χ4n) is 2.19. The number of nitrogens with two attached hydrogens (primary N) is 1. The first-order valence-electron chi connectivity index (χ1n) is 6.69. The molecule has 1 aromatic carbocycles. The van der Waals surface area contributed by atoms with Gasteiger partial charge in [0.25, 0.3) is 0 Å². The summed E-state index contributed by atoms with van der Waals surface area (Å²) in [5.41, 5.74) is 8.94. The predicted octanol–water partition coefficient (Wildman–Crippen LogP) is 4.50. The molecule has 2 rings (SSSR count). The maximum absolute atomic E-state index is 5.85. The third-order valence-electron chi connectivity index (χ3n) is 3.27. The van der Waals surface area contributed by atoms with E-state index in [1.165, 1.54) is 4.88 Å². The monoisotopic (exact) mass is 304 g/mol. The lowest BCUT2D eigenvalue weighted by molar-refractivity contribution is 0.554. The number of aryl methyl sites for hydroxylation is 1. The highest BCUT2D eigenvalue weighted by atomic mass is 32.1. The van der Waals surface area contributed by atoms with Gasteiger partial charge in [0.2, 0.25) is 0 Å². The fraction of sp³-hybridized carbons (Fsp3) is 0.312. The van der Waals surface area contributed by atoms with Crippen molar-refractivity contribution >= 4 is 34.2 Å². The number of thiophene rings is 1. The minimum atomic E-state index is 0.269. The van der Waals surface area contributed by atoms with Crippen LogP contribution in [0.25, 0.3) is 0 Å². The molecule has 20 heavy (non-hydrogen) atoms. The van der Waals surface area contributed by atoms with Crippen LogP contribution in [0.3, 0.4) is 0 Å². The molecule has 1 aromatic heterocycles. The second-order valence-corrected chi connectivity index (χ2v) is 6.71. The normalized spacial score (nSPS) is 12.4. The first-order chi connectivity index (χ1) is 9.49. The molecular formula is C16H20N2S2. The van der Waals surface area contributed by atoms with Crippen LogP contribution < -0.4 is 11.1 Å². The Labute approximate surface area is 130 Å². The van der Waals surface area contributed by atoms with Gasteiger partial charge in [-0.15, -0.1) is 11.3 Å². The minimum Gasteiger partial charge on any atom is -0.389 e. The van der Waals surface area contributed by atoms with Gasteiger partial charge in [0, 0.05) is 16.1 Å². The van der Waals surface area contributed by atoms with E-state index in [0.29, 0.717) is 10.9 Å². The molecule has 106 valence electrons. The number of anilines is 1. The van der Waals surface area contributed by atoms with Crippen molar-refractivity contribution in [3.8, 4) is 0 Å². The van der Waals surface area contributed by atoms with Crippen LogP contribution in [0.2, 0.25) is 0 Å². The van der Waals surface area contributed by atoms with Crippen LogP contribution in [0.15, 0.2) is 35.7 Å². The lowest BCUT2D eigenvalue weighted by atomic mass is 10.0. The summed E-state index contributed by atoms with van der Waals surface area (Å²) in [6.45, 7) is 6.47.